The lowest BCUT2D eigenvalue weighted by molar-refractivity contribution is -0.143. The van der Waals surface area contributed by atoms with Gasteiger partial charge in [-0.2, -0.15) is 0 Å². The van der Waals surface area contributed by atoms with Crippen LogP contribution in [0.3, 0.4) is 0 Å². The van der Waals surface area contributed by atoms with Gasteiger partial charge in [0.1, 0.15) is 6.04 Å². The molecule has 0 spiro atoms. The smallest absolute Gasteiger partial charge is 0.320 e. The average molecular weight is 308 g/mol. The highest BCUT2D eigenvalue weighted by Gasteiger charge is 2.63. The predicted octanol–water partition coefficient (Wildman–Crippen LogP) is -0.407. The maximum atomic E-state index is 11.9. The standard InChI is InChI=1S/C14H16N2O6/c15-11(14(20)21)8-9(10(8)13(18)19)12(17)16-22-6-7-4-2-1-3-5-7/h1-5,8-11H,6,15H2,(H,16,17)(H,18,19)(H,20,21). The van der Waals surface area contributed by atoms with E-state index in [1.807, 2.05) is 18.2 Å². The summed E-state index contributed by atoms with van der Waals surface area (Å²) in [5.41, 5.74) is 8.39. The van der Waals surface area contributed by atoms with Crippen molar-refractivity contribution < 1.29 is 29.4 Å². The topological polar surface area (TPSA) is 139 Å². The van der Waals surface area contributed by atoms with Gasteiger partial charge in [-0.3, -0.25) is 19.2 Å². The maximum absolute atomic E-state index is 11.9. The first-order valence-electron chi connectivity index (χ1n) is 6.60. The van der Waals surface area contributed by atoms with Crippen LogP contribution in [-0.2, 0) is 25.8 Å². The van der Waals surface area contributed by atoms with E-state index >= 15 is 0 Å². The minimum atomic E-state index is -1.40. The van der Waals surface area contributed by atoms with Crippen LogP contribution in [0.5, 0.6) is 0 Å². The monoisotopic (exact) mass is 308 g/mol. The van der Waals surface area contributed by atoms with Crippen LogP contribution in [0.15, 0.2) is 30.3 Å². The van der Waals surface area contributed by atoms with Crippen molar-refractivity contribution in [3.63, 3.8) is 0 Å². The molecule has 8 nitrogen and oxygen atoms in total. The molecule has 0 bridgehead atoms. The van der Waals surface area contributed by atoms with Crippen LogP contribution in [0, 0.1) is 17.8 Å². The molecule has 1 aliphatic carbocycles. The largest absolute Gasteiger partial charge is 0.481 e. The lowest BCUT2D eigenvalue weighted by Gasteiger charge is -2.07. The summed E-state index contributed by atoms with van der Waals surface area (Å²) < 4.78 is 0. The predicted molar refractivity (Wildman–Crippen MR) is 73.1 cm³/mol. The number of carbonyl (C=O) groups excluding carboxylic acids is 1. The van der Waals surface area contributed by atoms with Crippen LogP contribution in [0.4, 0.5) is 0 Å². The molecule has 0 radical (unpaired) electrons. The summed E-state index contributed by atoms with van der Waals surface area (Å²) in [7, 11) is 0. The van der Waals surface area contributed by atoms with Gasteiger partial charge >= 0.3 is 11.9 Å². The van der Waals surface area contributed by atoms with Crippen LogP contribution >= 0.6 is 0 Å². The molecule has 1 aromatic carbocycles. The molecule has 4 atom stereocenters. The van der Waals surface area contributed by atoms with Crippen LogP contribution < -0.4 is 11.2 Å². The highest BCUT2D eigenvalue weighted by molar-refractivity contribution is 5.92. The Morgan fingerprint density at radius 2 is 1.82 bits per heavy atom. The molecule has 1 aromatic rings. The summed E-state index contributed by atoms with van der Waals surface area (Å²) in [5, 5.41) is 17.8. The van der Waals surface area contributed by atoms with Crippen LogP contribution in [0.25, 0.3) is 0 Å². The quantitative estimate of drug-likeness (QED) is 0.502. The average Bonchev–Trinajstić information content (AvgIpc) is 3.23. The van der Waals surface area contributed by atoms with Crippen LogP contribution in [0.1, 0.15) is 5.56 Å². The van der Waals surface area contributed by atoms with Crippen LogP contribution in [-0.4, -0.2) is 34.1 Å². The first-order chi connectivity index (χ1) is 10.4. The van der Waals surface area contributed by atoms with E-state index < -0.39 is 41.6 Å². The molecule has 0 heterocycles. The second-order valence-electron chi connectivity index (χ2n) is 5.07. The molecule has 1 fully saturated rings. The molecule has 1 aliphatic rings. The minimum absolute atomic E-state index is 0.118. The number of rotatable bonds is 7. The SMILES string of the molecule is NC(C(=O)O)C1C(C(=O)O)C1C(=O)NOCc1ccccc1. The number of nitrogens with two attached hydrogens (primary N) is 1. The molecular formula is C14H16N2O6. The third kappa shape index (κ3) is 3.41. The molecule has 118 valence electrons. The van der Waals surface area contributed by atoms with E-state index in [2.05, 4.69) is 5.48 Å². The Balaban J connectivity index is 1.88. The summed E-state index contributed by atoms with van der Waals surface area (Å²) in [6.07, 6.45) is 0. The van der Waals surface area contributed by atoms with E-state index in [0.29, 0.717) is 0 Å². The van der Waals surface area contributed by atoms with Gasteiger partial charge in [0.15, 0.2) is 0 Å². The zero-order chi connectivity index (χ0) is 16.3. The fourth-order valence-corrected chi connectivity index (χ4v) is 2.43. The Morgan fingerprint density at radius 1 is 1.18 bits per heavy atom. The Morgan fingerprint density at radius 3 is 2.36 bits per heavy atom. The van der Waals surface area contributed by atoms with Crippen LogP contribution in [0.2, 0.25) is 0 Å². The Hall–Kier alpha value is -2.45. The van der Waals surface area contributed by atoms with Gasteiger partial charge in [-0.15, -0.1) is 0 Å². The van der Waals surface area contributed by atoms with Gasteiger partial charge in [0.05, 0.1) is 18.4 Å². The molecule has 8 heteroatoms. The zero-order valence-electron chi connectivity index (χ0n) is 11.5. The summed E-state index contributed by atoms with van der Waals surface area (Å²) in [6, 6.07) is 7.65. The number of hydrogen-bond donors (Lipinski definition) is 4. The van der Waals surface area contributed by atoms with Crippen molar-refractivity contribution in [1.82, 2.24) is 5.48 Å². The van der Waals surface area contributed by atoms with E-state index in [4.69, 9.17) is 20.8 Å². The third-order valence-corrected chi connectivity index (χ3v) is 3.62. The second kappa shape index (κ2) is 6.54. The third-order valence-electron chi connectivity index (χ3n) is 3.62. The molecule has 0 aliphatic heterocycles. The highest BCUT2D eigenvalue weighted by Crippen LogP contribution is 2.48. The number of hydrogen-bond acceptors (Lipinski definition) is 5. The van der Waals surface area contributed by atoms with Crippen molar-refractivity contribution in [2.75, 3.05) is 0 Å². The van der Waals surface area contributed by atoms with Gasteiger partial charge in [0, 0.05) is 5.92 Å². The molecule has 22 heavy (non-hydrogen) atoms. The number of amides is 1. The number of aliphatic carboxylic acids is 2. The van der Waals surface area contributed by atoms with Crippen molar-refractivity contribution in [2.45, 2.75) is 12.6 Å². The summed E-state index contributed by atoms with van der Waals surface area (Å²) in [5.74, 6) is -6.30. The fraction of sp³-hybridized carbons (Fsp3) is 0.357. The molecule has 0 saturated heterocycles. The van der Waals surface area contributed by atoms with Crippen molar-refractivity contribution in [3.8, 4) is 0 Å². The molecule has 1 saturated carbocycles. The van der Waals surface area contributed by atoms with E-state index in [1.54, 1.807) is 12.1 Å². The molecular weight excluding hydrogens is 292 g/mol. The van der Waals surface area contributed by atoms with Gasteiger partial charge in [-0.25, -0.2) is 5.48 Å². The first kappa shape index (κ1) is 15.9. The van der Waals surface area contributed by atoms with E-state index in [9.17, 15) is 14.4 Å². The normalized spacial score (nSPS) is 24.3. The number of hydroxylamine groups is 1. The molecule has 0 aromatic heterocycles. The van der Waals surface area contributed by atoms with Gasteiger partial charge in [0.25, 0.3) is 0 Å². The van der Waals surface area contributed by atoms with E-state index in [1.165, 1.54) is 0 Å². The number of benzene rings is 1. The van der Waals surface area contributed by atoms with Crippen molar-refractivity contribution >= 4 is 17.8 Å². The number of nitrogens with one attached hydrogen (secondary N) is 1. The second-order valence-corrected chi connectivity index (χ2v) is 5.07. The molecule has 4 unspecified atom stereocenters. The number of carboxylic acid groups (broad SMARTS) is 2. The number of carboxylic acids is 2. The summed E-state index contributed by atoms with van der Waals surface area (Å²) in [4.78, 5) is 38.8. The van der Waals surface area contributed by atoms with Crippen molar-refractivity contribution in [1.29, 1.82) is 0 Å². The van der Waals surface area contributed by atoms with Gasteiger partial charge in [-0.05, 0) is 5.56 Å². The van der Waals surface area contributed by atoms with E-state index in [-0.39, 0.29) is 6.61 Å². The Labute approximate surface area is 125 Å². The Bertz CT molecular complexity index is 576. The zero-order valence-corrected chi connectivity index (χ0v) is 11.5. The highest BCUT2D eigenvalue weighted by atomic mass is 16.6. The lowest BCUT2D eigenvalue weighted by atomic mass is 10.1. The van der Waals surface area contributed by atoms with Crippen molar-refractivity contribution in [2.24, 2.45) is 23.5 Å². The first-order valence-corrected chi connectivity index (χ1v) is 6.60. The maximum Gasteiger partial charge on any atom is 0.320 e. The number of carbonyl (C=O) groups is 3. The summed E-state index contributed by atoms with van der Waals surface area (Å²) >= 11 is 0. The Kier molecular flexibility index (Phi) is 4.74. The minimum Gasteiger partial charge on any atom is -0.481 e. The van der Waals surface area contributed by atoms with Crippen molar-refractivity contribution in [3.05, 3.63) is 35.9 Å². The van der Waals surface area contributed by atoms with Gasteiger partial charge in [0.2, 0.25) is 5.91 Å². The summed E-state index contributed by atoms with van der Waals surface area (Å²) in [6.45, 7) is 0.118. The molecule has 1 amide bonds. The fourth-order valence-electron chi connectivity index (χ4n) is 2.43. The molecule has 5 N–H and O–H groups in total. The van der Waals surface area contributed by atoms with Gasteiger partial charge in [-0.1, -0.05) is 30.3 Å². The lowest BCUT2D eigenvalue weighted by Crippen LogP contribution is -2.35. The van der Waals surface area contributed by atoms with Gasteiger partial charge < -0.3 is 15.9 Å². The molecule has 2 rings (SSSR count). The van der Waals surface area contributed by atoms with E-state index in [0.717, 1.165) is 5.56 Å².